The molecule has 0 aliphatic carbocycles. The SMILES string of the molecule is [C-]#[N+]NC(=NC(C)C(C)(C)C)Nc1ccncc1. The third kappa shape index (κ3) is 4.42. The number of anilines is 1. The Morgan fingerprint density at radius 1 is 1.39 bits per heavy atom. The van der Waals surface area contributed by atoms with E-state index in [-0.39, 0.29) is 11.5 Å². The summed E-state index contributed by atoms with van der Waals surface area (Å²) in [6.45, 7) is 15.2. The molecule has 0 saturated carbocycles. The topological polar surface area (TPSA) is 53.7 Å². The largest absolute Gasteiger partial charge is 0.321 e. The maximum atomic E-state index is 6.88. The Bertz CT molecular complexity index is 439. The van der Waals surface area contributed by atoms with Crippen LogP contribution < -0.4 is 10.7 Å². The summed E-state index contributed by atoms with van der Waals surface area (Å²) in [5, 5.41) is 3.07. The molecule has 0 fully saturated rings. The summed E-state index contributed by atoms with van der Waals surface area (Å²) in [5.41, 5.74) is 3.44. The van der Waals surface area contributed by atoms with Gasteiger partial charge >= 0.3 is 0 Å². The maximum absolute atomic E-state index is 6.88. The van der Waals surface area contributed by atoms with Crippen LogP contribution in [0.5, 0.6) is 0 Å². The van der Waals surface area contributed by atoms with E-state index < -0.39 is 0 Å². The molecular weight excluding hydrogens is 226 g/mol. The van der Waals surface area contributed by atoms with Crippen LogP contribution in [0.4, 0.5) is 5.69 Å². The Balaban J connectivity index is 2.84. The normalized spacial score (nSPS) is 13.6. The van der Waals surface area contributed by atoms with E-state index in [1.54, 1.807) is 12.4 Å². The van der Waals surface area contributed by atoms with Crippen molar-refractivity contribution in [3.05, 3.63) is 36.1 Å². The third-order valence-electron chi connectivity index (χ3n) is 2.68. The summed E-state index contributed by atoms with van der Waals surface area (Å²) in [4.78, 5) is 11.6. The average molecular weight is 245 g/mol. The highest BCUT2D eigenvalue weighted by Crippen LogP contribution is 2.21. The smallest absolute Gasteiger partial charge is 0.267 e. The Morgan fingerprint density at radius 3 is 2.50 bits per heavy atom. The van der Waals surface area contributed by atoms with Gasteiger partial charge < -0.3 is 5.32 Å². The van der Waals surface area contributed by atoms with E-state index in [4.69, 9.17) is 6.57 Å². The molecule has 1 atom stereocenters. The number of nitrogens with one attached hydrogen (secondary N) is 2. The Labute approximate surface area is 108 Å². The van der Waals surface area contributed by atoms with Crippen molar-refractivity contribution in [2.75, 3.05) is 5.32 Å². The van der Waals surface area contributed by atoms with E-state index in [1.165, 1.54) is 0 Å². The van der Waals surface area contributed by atoms with Crippen LogP contribution >= 0.6 is 0 Å². The van der Waals surface area contributed by atoms with E-state index in [9.17, 15) is 0 Å². The van der Waals surface area contributed by atoms with E-state index in [0.717, 1.165) is 5.69 Å². The first-order valence-electron chi connectivity index (χ1n) is 5.81. The second-order valence-corrected chi connectivity index (χ2v) is 5.10. The molecule has 0 saturated heterocycles. The van der Waals surface area contributed by atoms with Gasteiger partial charge in [0.1, 0.15) is 0 Å². The van der Waals surface area contributed by atoms with Crippen LogP contribution in [0, 0.1) is 12.0 Å². The zero-order chi connectivity index (χ0) is 13.6. The highest BCUT2D eigenvalue weighted by atomic mass is 15.4. The minimum Gasteiger partial charge on any atom is -0.321 e. The summed E-state index contributed by atoms with van der Waals surface area (Å²) in [7, 11) is 0. The minimum absolute atomic E-state index is 0.0505. The van der Waals surface area contributed by atoms with Crippen LogP contribution in [0.1, 0.15) is 27.7 Å². The van der Waals surface area contributed by atoms with Gasteiger partial charge in [0, 0.05) is 18.1 Å². The molecule has 96 valence electrons. The van der Waals surface area contributed by atoms with Gasteiger partial charge in [-0.1, -0.05) is 26.2 Å². The van der Waals surface area contributed by atoms with Crippen LogP contribution in [-0.2, 0) is 0 Å². The van der Waals surface area contributed by atoms with Gasteiger partial charge in [-0.3, -0.25) is 4.98 Å². The Hall–Kier alpha value is -2.09. The lowest BCUT2D eigenvalue weighted by Gasteiger charge is -2.23. The second kappa shape index (κ2) is 6.01. The molecule has 1 rings (SSSR count). The van der Waals surface area contributed by atoms with E-state index >= 15 is 0 Å². The standard InChI is InChI=1S/C13H19N5/c1-10(13(2,3)4)16-12(18-14-5)17-11-6-8-15-9-7-11/h6-10H,1-4H3,(H2,15,16,17,18). The molecule has 5 nitrogen and oxygen atoms in total. The summed E-state index contributed by atoms with van der Waals surface area (Å²) in [5.74, 6) is 0.457. The summed E-state index contributed by atoms with van der Waals surface area (Å²) >= 11 is 0. The zero-order valence-corrected chi connectivity index (χ0v) is 11.2. The van der Waals surface area contributed by atoms with Crippen molar-refractivity contribution in [1.82, 2.24) is 10.4 Å². The first-order valence-corrected chi connectivity index (χ1v) is 5.81. The average Bonchev–Trinajstić information content (AvgIpc) is 2.29. The van der Waals surface area contributed by atoms with Crippen LogP contribution in [-0.4, -0.2) is 17.0 Å². The van der Waals surface area contributed by atoms with Crippen LogP contribution in [0.25, 0.3) is 4.95 Å². The lowest BCUT2D eigenvalue weighted by atomic mass is 9.89. The number of aromatic nitrogens is 1. The van der Waals surface area contributed by atoms with Crippen molar-refractivity contribution in [2.24, 2.45) is 10.4 Å². The number of aliphatic imine (C=N–C) groups is 1. The van der Waals surface area contributed by atoms with Crippen molar-refractivity contribution in [1.29, 1.82) is 0 Å². The highest BCUT2D eigenvalue weighted by molar-refractivity contribution is 5.93. The molecule has 2 N–H and O–H groups in total. The summed E-state index contributed by atoms with van der Waals surface area (Å²) in [6.07, 6.45) is 3.37. The Morgan fingerprint density at radius 2 is 2.00 bits per heavy atom. The first-order chi connectivity index (χ1) is 8.43. The molecule has 1 aromatic heterocycles. The molecule has 0 aliphatic heterocycles. The number of hydrogen-bond donors (Lipinski definition) is 2. The zero-order valence-electron chi connectivity index (χ0n) is 11.2. The monoisotopic (exact) mass is 245 g/mol. The van der Waals surface area contributed by atoms with Gasteiger partial charge in [-0.05, 0) is 24.5 Å². The minimum atomic E-state index is 0.0505. The molecule has 18 heavy (non-hydrogen) atoms. The molecule has 0 spiro atoms. The van der Waals surface area contributed by atoms with Crippen LogP contribution in [0.3, 0.4) is 0 Å². The fourth-order valence-electron chi connectivity index (χ4n) is 1.10. The van der Waals surface area contributed by atoms with Crippen molar-refractivity contribution in [3.8, 4) is 0 Å². The molecule has 0 aromatic carbocycles. The number of guanidine groups is 1. The van der Waals surface area contributed by atoms with Crippen molar-refractivity contribution < 1.29 is 0 Å². The van der Waals surface area contributed by atoms with Crippen molar-refractivity contribution in [2.45, 2.75) is 33.7 Å². The van der Waals surface area contributed by atoms with E-state index in [2.05, 4.69) is 46.4 Å². The van der Waals surface area contributed by atoms with E-state index in [0.29, 0.717) is 5.96 Å². The lowest BCUT2D eigenvalue weighted by Crippen LogP contribution is -2.30. The van der Waals surface area contributed by atoms with Gasteiger partial charge in [-0.2, -0.15) is 11.5 Å². The van der Waals surface area contributed by atoms with Gasteiger partial charge in [0.15, 0.2) is 0 Å². The molecule has 1 unspecified atom stereocenters. The van der Waals surface area contributed by atoms with Gasteiger partial charge in [0.2, 0.25) is 0 Å². The Kier molecular flexibility index (Phi) is 4.67. The van der Waals surface area contributed by atoms with Gasteiger partial charge in [0.05, 0.1) is 6.04 Å². The second-order valence-electron chi connectivity index (χ2n) is 5.10. The predicted molar refractivity (Wildman–Crippen MR) is 73.9 cm³/mol. The van der Waals surface area contributed by atoms with Gasteiger partial charge in [-0.15, -0.1) is 0 Å². The quantitative estimate of drug-likeness (QED) is 0.364. The van der Waals surface area contributed by atoms with E-state index in [1.807, 2.05) is 19.1 Å². The molecular formula is C13H19N5. The first kappa shape index (κ1) is 14.0. The van der Waals surface area contributed by atoms with Crippen molar-refractivity contribution in [3.63, 3.8) is 0 Å². The number of rotatable bonds is 2. The maximum Gasteiger partial charge on any atom is 0.267 e. The number of pyridine rings is 1. The fraction of sp³-hybridized carbons (Fsp3) is 0.462. The van der Waals surface area contributed by atoms with Crippen molar-refractivity contribution >= 4 is 11.6 Å². The predicted octanol–water partition coefficient (Wildman–Crippen LogP) is 2.71. The van der Waals surface area contributed by atoms with Crippen LogP contribution in [0.15, 0.2) is 29.5 Å². The molecule has 0 aliphatic rings. The summed E-state index contributed by atoms with van der Waals surface area (Å²) in [6, 6.07) is 3.74. The molecule has 0 radical (unpaired) electrons. The number of nitrogens with zero attached hydrogens (tertiary/aromatic N) is 3. The summed E-state index contributed by atoms with van der Waals surface area (Å²) < 4.78 is 0. The highest BCUT2D eigenvalue weighted by Gasteiger charge is 2.20. The molecule has 5 heteroatoms. The number of hydrogen-bond acceptors (Lipinski definition) is 2. The fourth-order valence-corrected chi connectivity index (χ4v) is 1.10. The van der Waals surface area contributed by atoms with Crippen LogP contribution in [0.2, 0.25) is 0 Å². The molecule has 0 amide bonds. The molecule has 0 bridgehead atoms. The molecule has 1 heterocycles. The van der Waals surface area contributed by atoms with Gasteiger partial charge in [-0.25, -0.2) is 4.99 Å². The lowest BCUT2D eigenvalue weighted by molar-refractivity contribution is 0.341. The molecule has 1 aromatic rings. The van der Waals surface area contributed by atoms with Gasteiger partial charge in [0.25, 0.3) is 5.96 Å². The third-order valence-corrected chi connectivity index (χ3v) is 2.68.